The molecule has 8 rings (SSSR count). The predicted molar refractivity (Wildman–Crippen MR) is 154 cm³/mol. The maximum atomic E-state index is 16.7. The predicted octanol–water partition coefficient (Wildman–Crippen LogP) is 5.56. The summed E-state index contributed by atoms with van der Waals surface area (Å²) >= 11 is 0.958. The fourth-order valence-corrected chi connectivity index (χ4v) is 8.39. The zero-order valence-electron chi connectivity index (χ0n) is 22.6. The van der Waals surface area contributed by atoms with Gasteiger partial charge in [-0.2, -0.15) is 15.2 Å². The summed E-state index contributed by atoms with van der Waals surface area (Å²) < 4.78 is 58.6. The van der Waals surface area contributed by atoms with Gasteiger partial charge < -0.3 is 20.1 Å². The topological polar surface area (TPSA) is 101 Å². The molecule has 0 bridgehead atoms. The number of aromatic nitrogens is 2. The molecule has 216 valence electrons. The minimum Gasteiger partial charge on any atom is -0.491 e. The van der Waals surface area contributed by atoms with Gasteiger partial charge in [0.1, 0.15) is 53.4 Å². The molecular weight excluding hydrogens is 565 g/mol. The third-order valence-electron chi connectivity index (χ3n) is 9.37. The number of nitrogens with zero attached hydrogens (tertiary/aromatic N) is 5. The first kappa shape index (κ1) is 25.9. The van der Waals surface area contributed by atoms with Gasteiger partial charge in [-0.05, 0) is 49.9 Å². The molecule has 4 aliphatic rings. The summed E-state index contributed by atoms with van der Waals surface area (Å²) in [5, 5.41) is 10.7. The average Bonchev–Trinajstić information content (AvgIpc) is 3.72. The van der Waals surface area contributed by atoms with E-state index in [1.165, 1.54) is 12.1 Å². The maximum absolute atomic E-state index is 16.7. The van der Waals surface area contributed by atoms with Gasteiger partial charge >= 0.3 is 6.01 Å². The maximum Gasteiger partial charge on any atom is 0.319 e. The molecule has 0 saturated carbocycles. The van der Waals surface area contributed by atoms with Crippen molar-refractivity contribution in [3.05, 3.63) is 35.4 Å². The highest BCUT2D eigenvalue weighted by molar-refractivity contribution is 7.23. The van der Waals surface area contributed by atoms with E-state index in [0.29, 0.717) is 42.1 Å². The Balaban J connectivity index is 1.31. The second-order valence-electron chi connectivity index (χ2n) is 11.7. The molecule has 3 saturated heterocycles. The Morgan fingerprint density at radius 3 is 2.93 bits per heavy atom. The molecule has 0 amide bonds. The monoisotopic (exact) mass is 592 g/mol. The van der Waals surface area contributed by atoms with Crippen molar-refractivity contribution in [3.63, 3.8) is 0 Å². The van der Waals surface area contributed by atoms with E-state index in [4.69, 9.17) is 20.2 Å². The van der Waals surface area contributed by atoms with Crippen LogP contribution in [0, 0.1) is 23.0 Å². The van der Waals surface area contributed by atoms with Crippen molar-refractivity contribution in [3.8, 4) is 29.0 Å². The summed E-state index contributed by atoms with van der Waals surface area (Å²) in [7, 11) is 0. The van der Waals surface area contributed by atoms with Crippen molar-refractivity contribution in [2.24, 2.45) is 0 Å². The van der Waals surface area contributed by atoms with Crippen LogP contribution in [0.2, 0.25) is 0 Å². The molecule has 12 heteroatoms. The Bertz CT molecular complexity index is 1830. The summed E-state index contributed by atoms with van der Waals surface area (Å²) in [4.78, 5) is 13.6. The number of alkyl halides is 1. The zero-order chi connectivity index (χ0) is 28.7. The molecule has 0 aliphatic carbocycles. The van der Waals surface area contributed by atoms with Gasteiger partial charge in [0.2, 0.25) is 0 Å². The highest BCUT2D eigenvalue weighted by Crippen LogP contribution is 2.47. The lowest BCUT2D eigenvalue weighted by Gasteiger charge is -2.31. The van der Waals surface area contributed by atoms with Gasteiger partial charge in [0, 0.05) is 30.5 Å². The third-order valence-corrected chi connectivity index (χ3v) is 10.4. The molecule has 3 atom stereocenters. The van der Waals surface area contributed by atoms with E-state index < -0.39 is 23.3 Å². The molecule has 4 aliphatic heterocycles. The van der Waals surface area contributed by atoms with Crippen LogP contribution in [0.3, 0.4) is 0 Å². The quantitative estimate of drug-likeness (QED) is 0.329. The largest absolute Gasteiger partial charge is 0.491 e. The summed E-state index contributed by atoms with van der Waals surface area (Å²) in [6.45, 7) is 2.56. The van der Waals surface area contributed by atoms with Crippen LogP contribution in [0.4, 0.5) is 24.0 Å². The number of fused-ring (bicyclic) bond motifs is 4. The Morgan fingerprint density at radius 2 is 2.07 bits per heavy atom. The van der Waals surface area contributed by atoms with Crippen LogP contribution >= 0.6 is 11.3 Å². The smallest absolute Gasteiger partial charge is 0.319 e. The number of anilines is 2. The van der Waals surface area contributed by atoms with Crippen LogP contribution in [0.5, 0.6) is 11.8 Å². The number of rotatable bonds is 4. The minimum atomic E-state index is -0.904. The molecule has 4 aromatic rings. The lowest BCUT2D eigenvalue weighted by Crippen LogP contribution is -2.43. The van der Waals surface area contributed by atoms with Crippen LogP contribution < -0.4 is 20.1 Å². The number of ether oxygens (including phenoxy) is 2. The molecule has 8 nitrogen and oxygen atoms in total. The molecule has 2 aromatic heterocycles. The van der Waals surface area contributed by atoms with Crippen molar-refractivity contribution < 1.29 is 22.6 Å². The van der Waals surface area contributed by atoms with Crippen molar-refractivity contribution in [1.82, 2.24) is 14.9 Å². The van der Waals surface area contributed by atoms with Crippen molar-refractivity contribution in [2.75, 3.05) is 43.5 Å². The summed E-state index contributed by atoms with van der Waals surface area (Å²) in [5.41, 5.74) is 6.20. The Morgan fingerprint density at radius 1 is 1.19 bits per heavy atom. The van der Waals surface area contributed by atoms with Crippen LogP contribution in [0.15, 0.2) is 18.2 Å². The second kappa shape index (κ2) is 9.34. The number of nitrogens with two attached hydrogens (primary N) is 1. The molecule has 0 radical (unpaired) electrons. The minimum absolute atomic E-state index is 0.0183. The number of nitriles is 1. The Labute approximate surface area is 243 Å². The van der Waals surface area contributed by atoms with Gasteiger partial charge in [0.05, 0.1) is 27.2 Å². The van der Waals surface area contributed by atoms with Gasteiger partial charge in [0.25, 0.3) is 0 Å². The van der Waals surface area contributed by atoms with Crippen LogP contribution in [0.25, 0.3) is 32.1 Å². The van der Waals surface area contributed by atoms with Gasteiger partial charge in [-0.3, -0.25) is 4.90 Å². The van der Waals surface area contributed by atoms with E-state index in [0.717, 1.165) is 50.1 Å². The van der Waals surface area contributed by atoms with E-state index in [1.807, 2.05) is 0 Å². The van der Waals surface area contributed by atoms with Gasteiger partial charge in [-0.1, -0.05) is 6.07 Å². The van der Waals surface area contributed by atoms with E-state index in [2.05, 4.69) is 20.9 Å². The molecule has 3 fully saturated rings. The highest BCUT2D eigenvalue weighted by atomic mass is 32.1. The van der Waals surface area contributed by atoms with Crippen molar-refractivity contribution in [2.45, 2.75) is 49.9 Å². The molecule has 0 unspecified atom stereocenters. The fraction of sp³-hybridized carbons (Fsp3) is 0.433. The average molecular weight is 593 g/mol. The van der Waals surface area contributed by atoms with Crippen LogP contribution in [-0.2, 0) is 0 Å². The van der Waals surface area contributed by atoms with E-state index in [1.54, 1.807) is 6.07 Å². The highest BCUT2D eigenvalue weighted by Gasteiger charge is 2.49. The number of hydrogen-bond donors (Lipinski definition) is 1. The number of nitrogen functional groups attached to an aromatic ring is 1. The van der Waals surface area contributed by atoms with E-state index >= 15 is 4.39 Å². The first-order chi connectivity index (χ1) is 20.4. The summed E-state index contributed by atoms with van der Waals surface area (Å²) in [5.74, 6) is -0.234. The summed E-state index contributed by atoms with van der Waals surface area (Å²) in [6.07, 6.45) is 3.13. The van der Waals surface area contributed by atoms with Gasteiger partial charge in [0.15, 0.2) is 5.82 Å². The van der Waals surface area contributed by atoms with E-state index in [-0.39, 0.29) is 50.4 Å². The summed E-state index contributed by atoms with van der Waals surface area (Å²) in [6, 6.07) is 6.43. The lowest BCUT2D eigenvalue weighted by atomic mass is 9.95. The normalized spacial score (nSPS) is 25.0. The van der Waals surface area contributed by atoms with Gasteiger partial charge in [-0.25, -0.2) is 13.2 Å². The lowest BCUT2D eigenvalue weighted by molar-refractivity contribution is 0.107. The first-order valence-electron chi connectivity index (χ1n) is 14.2. The van der Waals surface area contributed by atoms with Crippen molar-refractivity contribution >= 4 is 43.1 Å². The second-order valence-corrected chi connectivity index (χ2v) is 12.8. The van der Waals surface area contributed by atoms with Gasteiger partial charge in [-0.15, -0.1) is 11.3 Å². The number of hydrogen-bond acceptors (Lipinski definition) is 9. The molecular formula is C30H27F3N6O2S. The Hall–Kier alpha value is -3.82. The fourth-order valence-electron chi connectivity index (χ4n) is 7.44. The first-order valence-corrected chi connectivity index (χ1v) is 15.0. The number of benzene rings is 2. The van der Waals surface area contributed by atoms with E-state index in [9.17, 15) is 14.0 Å². The molecule has 6 heterocycles. The standard InChI is InChI=1S/C30H27F3N6O2S/c31-15-10-30(6-2-7-38(30)12-15)14-41-29-36-25-23-21(40-13-16-3-1-8-39(16)28(23)37-29)9-18(24(25)33)17-4-5-20(32)26-22(17)19(11-34)27(35)42-26/h4-5,9,15-16H,1-3,6-8,10,12-14,35H2/t15-,16+,30+/m1/s1. The molecule has 42 heavy (non-hydrogen) atoms. The molecule has 2 aromatic carbocycles. The van der Waals surface area contributed by atoms with Crippen LogP contribution in [0.1, 0.15) is 37.7 Å². The number of halogens is 3. The third kappa shape index (κ3) is 3.69. The SMILES string of the molecule is N#Cc1c(N)sc2c(F)ccc(-c3cc4c5c(nc(OC[C@@]67CCCN6C[C@H](F)C7)nc5c3F)N3CCC[C@H]3CO4)c12. The number of thiophene rings is 1. The zero-order valence-corrected chi connectivity index (χ0v) is 23.4. The molecule has 2 N–H and O–H groups in total. The van der Waals surface area contributed by atoms with Crippen molar-refractivity contribution in [1.29, 1.82) is 5.26 Å². The Kier molecular flexibility index (Phi) is 5.75. The molecule has 0 spiro atoms. The van der Waals surface area contributed by atoms with Crippen LogP contribution in [-0.4, -0.2) is 65.5 Å².